The third kappa shape index (κ3) is 2.41. The minimum Gasteiger partial charge on any atom is -0.334 e. The van der Waals surface area contributed by atoms with Gasteiger partial charge in [-0.3, -0.25) is 0 Å². The summed E-state index contributed by atoms with van der Waals surface area (Å²) < 4.78 is 3.03. The second kappa shape index (κ2) is 4.57. The maximum absolute atomic E-state index is 5.55. The van der Waals surface area contributed by atoms with E-state index in [1.54, 1.807) is 12.4 Å². The van der Waals surface area contributed by atoms with Gasteiger partial charge in [0.2, 0.25) is 0 Å². The highest BCUT2D eigenvalue weighted by atomic mass is 127. The van der Waals surface area contributed by atoms with E-state index in [0.29, 0.717) is 6.54 Å². The molecule has 4 heteroatoms. The van der Waals surface area contributed by atoms with Crippen LogP contribution in [0.3, 0.4) is 0 Å². The Bertz CT molecular complexity index is 339. The number of imidazole rings is 1. The molecule has 1 aromatic rings. The molecule has 0 spiro atoms. The van der Waals surface area contributed by atoms with Gasteiger partial charge < -0.3 is 10.3 Å². The Labute approximate surface area is 91.5 Å². The van der Waals surface area contributed by atoms with Crippen LogP contribution in [0.1, 0.15) is 11.4 Å². The lowest BCUT2D eigenvalue weighted by Gasteiger charge is -1.98. The third-order valence-electron chi connectivity index (χ3n) is 1.73. The minimum absolute atomic E-state index is 0.466. The van der Waals surface area contributed by atoms with Crippen molar-refractivity contribution in [2.24, 2.45) is 12.8 Å². The van der Waals surface area contributed by atoms with Gasteiger partial charge in [0.25, 0.3) is 0 Å². The van der Waals surface area contributed by atoms with Crippen LogP contribution >= 0.6 is 22.6 Å². The summed E-state index contributed by atoms with van der Waals surface area (Å²) in [6, 6.07) is 0. The van der Waals surface area contributed by atoms with Crippen molar-refractivity contribution in [1.29, 1.82) is 0 Å². The van der Waals surface area contributed by atoms with E-state index in [4.69, 9.17) is 5.73 Å². The van der Waals surface area contributed by atoms with Crippen LogP contribution in [0.4, 0.5) is 0 Å². The van der Waals surface area contributed by atoms with Crippen molar-refractivity contribution in [2.45, 2.75) is 6.54 Å². The minimum atomic E-state index is 0.466. The number of aryl methyl sites for hydroxylation is 1. The molecule has 70 valence electrons. The molecule has 1 rings (SSSR count). The fraction of sp³-hybridized carbons (Fsp3) is 0.222. The molecule has 0 saturated carbocycles. The molecule has 0 aromatic carbocycles. The maximum Gasteiger partial charge on any atom is 0.0952 e. The summed E-state index contributed by atoms with van der Waals surface area (Å²) in [5.74, 6) is 0. The number of hydrogen-bond donors (Lipinski definition) is 1. The fourth-order valence-electron chi connectivity index (χ4n) is 1.02. The summed E-state index contributed by atoms with van der Waals surface area (Å²) in [6.45, 7) is 4.16. The highest BCUT2D eigenvalue weighted by Crippen LogP contribution is 2.15. The van der Waals surface area contributed by atoms with E-state index in [0.717, 1.165) is 15.0 Å². The molecule has 3 nitrogen and oxygen atoms in total. The molecule has 13 heavy (non-hydrogen) atoms. The van der Waals surface area contributed by atoms with Gasteiger partial charge in [-0.2, -0.15) is 0 Å². The van der Waals surface area contributed by atoms with Gasteiger partial charge in [-0.15, -0.1) is 0 Å². The second-order valence-electron chi connectivity index (χ2n) is 2.62. The average molecular weight is 289 g/mol. The van der Waals surface area contributed by atoms with Gasteiger partial charge in [-0.1, -0.05) is 12.7 Å². The molecular formula is C9H12IN3. The first-order chi connectivity index (χ1) is 6.19. The molecule has 1 heterocycles. The molecule has 0 radical (unpaired) electrons. The third-order valence-corrected chi connectivity index (χ3v) is 2.48. The largest absolute Gasteiger partial charge is 0.334 e. The Hall–Kier alpha value is -0.620. The highest BCUT2D eigenvalue weighted by Gasteiger charge is 2.03. The summed E-state index contributed by atoms with van der Waals surface area (Å²) in [4.78, 5) is 4.18. The zero-order valence-corrected chi connectivity index (χ0v) is 9.65. The van der Waals surface area contributed by atoms with E-state index in [1.807, 2.05) is 17.7 Å². The van der Waals surface area contributed by atoms with E-state index in [9.17, 15) is 0 Å². The standard InChI is InChI=1S/C9H12IN3/c1-3-7(10)4-9-8(5-11)12-6-13(9)2/h3-4,6H,1,5,11H2,2H3/b7-4+. The van der Waals surface area contributed by atoms with Crippen LogP contribution in [0, 0.1) is 0 Å². The Balaban J connectivity index is 3.11. The van der Waals surface area contributed by atoms with E-state index in [1.165, 1.54) is 0 Å². The van der Waals surface area contributed by atoms with Crippen molar-refractivity contribution in [3.05, 3.63) is 33.9 Å². The van der Waals surface area contributed by atoms with E-state index in [2.05, 4.69) is 34.2 Å². The van der Waals surface area contributed by atoms with Crippen molar-refractivity contribution in [3.8, 4) is 0 Å². The molecule has 0 aliphatic carbocycles. The topological polar surface area (TPSA) is 43.8 Å². The molecule has 0 saturated heterocycles. The van der Waals surface area contributed by atoms with Crippen molar-refractivity contribution < 1.29 is 0 Å². The molecule has 0 unspecified atom stereocenters. The zero-order valence-electron chi connectivity index (χ0n) is 7.50. The molecule has 1 aromatic heterocycles. The predicted octanol–water partition coefficient (Wildman–Crippen LogP) is 1.84. The van der Waals surface area contributed by atoms with Crippen LogP contribution in [0.15, 0.2) is 22.6 Å². The lowest BCUT2D eigenvalue weighted by atomic mass is 10.3. The van der Waals surface area contributed by atoms with Crippen LogP contribution in [0.2, 0.25) is 0 Å². The predicted molar refractivity (Wildman–Crippen MR) is 63.3 cm³/mol. The van der Waals surface area contributed by atoms with Gasteiger partial charge in [0.05, 0.1) is 17.7 Å². The van der Waals surface area contributed by atoms with Gasteiger partial charge in [0, 0.05) is 17.2 Å². The number of rotatable bonds is 3. The number of allylic oxidation sites excluding steroid dienone is 2. The van der Waals surface area contributed by atoms with Crippen molar-refractivity contribution in [2.75, 3.05) is 0 Å². The molecule has 0 aliphatic rings. The van der Waals surface area contributed by atoms with Gasteiger partial charge in [0.15, 0.2) is 0 Å². The highest BCUT2D eigenvalue weighted by molar-refractivity contribution is 14.1. The van der Waals surface area contributed by atoms with E-state index < -0.39 is 0 Å². The van der Waals surface area contributed by atoms with Gasteiger partial charge in [-0.05, 0) is 28.7 Å². The molecular weight excluding hydrogens is 277 g/mol. The van der Waals surface area contributed by atoms with Crippen LogP contribution in [0.25, 0.3) is 6.08 Å². The van der Waals surface area contributed by atoms with Gasteiger partial charge >= 0.3 is 0 Å². The summed E-state index contributed by atoms with van der Waals surface area (Å²) in [5.41, 5.74) is 7.51. The Morgan fingerprint density at radius 1 is 1.85 bits per heavy atom. The first-order valence-electron chi connectivity index (χ1n) is 3.89. The first kappa shape index (κ1) is 10.5. The monoisotopic (exact) mass is 289 g/mol. The van der Waals surface area contributed by atoms with Crippen molar-refractivity contribution in [3.63, 3.8) is 0 Å². The van der Waals surface area contributed by atoms with E-state index >= 15 is 0 Å². The lowest BCUT2D eigenvalue weighted by Crippen LogP contribution is -2.00. The summed E-state index contributed by atoms with van der Waals surface area (Å²) in [7, 11) is 1.95. The zero-order chi connectivity index (χ0) is 9.84. The molecule has 0 fully saturated rings. The Morgan fingerprint density at radius 2 is 2.54 bits per heavy atom. The molecule has 0 aliphatic heterocycles. The van der Waals surface area contributed by atoms with Crippen molar-refractivity contribution >= 4 is 28.7 Å². The first-order valence-corrected chi connectivity index (χ1v) is 4.96. The number of aromatic nitrogens is 2. The molecule has 0 bridgehead atoms. The van der Waals surface area contributed by atoms with Gasteiger partial charge in [-0.25, -0.2) is 4.98 Å². The summed E-state index contributed by atoms with van der Waals surface area (Å²) >= 11 is 2.22. The summed E-state index contributed by atoms with van der Waals surface area (Å²) in [6.07, 6.45) is 5.58. The summed E-state index contributed by atoms with van der Waals surface area (Å²) in [5, 5.41) is 0. The number of halogens is 1. The average Bonchev–Trinajstić information content (AvgIpc) is 2.48. The van der Waals surface area contributed by atoms with Crippen LogP contribution < -0.4 is 5.73 Å². The quantitative estimate of drug-likeness (QED) is 0.681. The number of hydrogen-bond acceptors (Lipinski definition) is 2. The van der Waals surface area contributed by atoms with Crippen LogP contribution in [-0.4, -0.2) is 9.55 Å². The van der Waals surface area contributed by atoms with Crippen molar-refractivity contribution in [1.82, 2.24) is 9.55 Å². The SMILES string of the molecule is C=C/C(I)=C\c1c(CN)ncn1C. The second-order valence-corrected chi connectivity index (χ2v) is 3.87. The number of nitrogens with zero attached hydrogens (tertiary/aromatic N) is 2. The van der Waals surface area contributed by atoms with Gasteiger partial charge in [0.1, 0.15) is 0 Å². The molecule has 0 atom stereocenters. The lowest BCUT2D eigenvalue weighted by molar-refractivity contribution is 0.898. The smallest absolute Gasteiger partial charge is 0.0952 e. The Kier molecular flexibility index (Phi) is 3.68. The van der Waals surface area contributed by atoms with E-state index in [-0.39, 0.29) is 0 Å². The van der Waals surface area contributed by atoms with Crippen LogP contribution in [0.5, 0.6) is 0 Å². The molecule has 2 N–H and O–H groups in total. The molecule has 0 amide bonds. The maximum atomic E-state index is 5.55. The van der Waals surface area contributed by atoms with Crippen LogP contribution in [-0.2, 0) is 13.6 Å². The number of nitrogens with two attached hydrogens (primary N) is 1. The normalized spacial score (nSPS) is 11.8. The Morgan fingerprint density at radius 3 is 3.08 bits per heavy atom. The fourth-order valence-corrected chi connectivity index (χ4v) is 1.32.